The van der Waals surface area contributed by atoms with Gasteiger partial charge in [-0.15, -0.1) is 0 Å². The Morgan fingerprint density at radius 3 is 2.58 bits per heavy atom. The van der Waals surface area contributed by atoms with E-state index in [-0.39, 0.29) is 5.97 Å². The van der Waals surface area contributed by atoms with Crippen LogP contribution in [0.2, 0.25) is 0 Å². The normalized spacial score (nSPS) is 14.2. The van der Waals surface area contributed by atoms with Crippen LogP contribution in [0.15, 0.2) is 6.07 Å². The minimum absolute atomic E-state index is 0.242. The fraction of sp³-hybridized carbons (Fsp3) is 0.714. The summed E-state index contributed by atoms with van der Waals surface area (Å²) in [6.07, 6.45) is 1.80. The lowest BCUT2D eigenvalue weighted by molar-refractivity contribution is -0.151. The average Bonchev–Trinajstić information content (AvgIpc) is 2.80. The van der Waals surface area contributed by atoms with E-state index in [0.29, 0.717) is 13.2 Å². The average molecular weight is 267 g/mol. The van der Waals surface area contributed by atoms with E-state index < -0.39 is 5.54 Å². The first-order valence-electron chi connectivity index (χ1n) is 6.92. The van der Waals surface area contributed by atoms with Crippen molar-refractivity contribution in [2.45, 2.75) is 52.6 Å². The van der Waals surface area contributed by atoms with Crippen LogP contribution in [0.1, 0.15) is 39.1 Å². The Bertz CT molecular complexity index is 428. The number of aromatic nitrogens is 2. The van der Waals surface area contributed by atoms with Gasteiger partial charge in [0.25, 0.3) is 0 Å². The molecule has 0 aliphatic carbocycles. The summed E-state index contributed by atoms with van der Waals surface area (Å²) in [6, 6.07) is 2.10. The molecule has 0 aliphatic heterocycles. The maximum absolute atomic E-state index is 12.1. The second kappa shape index (κ2) is 6.70. The van der Waals surface area contributed by atoms with Gasteiger partial charge in [-0.2, -0.15) is 5.10 Å². The van der Waals surface area contributed by atoms with Gasteiger partial charge in [-0.05, 0) is 39.8 Å². The van der Waals surface area contributed by atoms with Crippen molar-refractivity contribution in [3.8, 4) is 0 Å². The maximum atomic E-state index is 12.1. The van der Waals surface area contributed by atoms with E-state index in [9.17, 15) is 4.79 Å². The molecule has 0 saturated carbocycles. The minimum Gasteiger partial charge on any atom is -0.465 e. The largest absolute Gasteiger partial charge is 0.465 e. The number of hydrogen-bond acceptors (Lipinski definition) is 4. The van der Waals surface area contributed by atoms with Gasteiger partial charge in [0.15, 0.2) is 0 Å². The van der Waals surface area contributed by atoms with Gasteiger partial charge in [0, 0.05) is 5.69 Å². The number of carbonyl (C=O) groups is 1. The van der Waals surface area contributed by atoms with Crippen LogP contribution in [0.3, 0.4) is 0 Å². The molecule has 0 radical (unpaired) electrons. The van der Waals surface area contributed by atoms with E-state index in [2.05, 4.69) is 30.3 Å². The van der Waals surface area contributed by atoms with E-state index in [1.807, 2.05) is 18.5 Å². The smallest absolute Gasteiger partial charge is 0.327 e. The Morgan fingerprint density at radius 2 is 2.11 bits per heavy atom. The molecule has 1 rings (SSSR count). The number of rotatable bonds is 7. The quantitative estimate of drug-likeness (QED) is 0.762. The molecule has 0 spiro atoms. The summed E-state index contributed by atoms with van der Waals surface area (Å²) in [6.45, 7) is 8.69. The number of ether oxygens (including phenoxy) is 1. The van der Waals surface area contributed by atoms with Crippen LogP contribution in [0.5, 0.6) is 0 Å². The third-order valence-electron chi connectivity index (χ3n) is 3.38. The lowest BCUT2D eigenvalue weighted by Gasteiger charge is -2.27. The van der Waals surface area contributed by atoms with Crippen LogP contribution in [0.25, 0.3) is 0 Å². The summed E-state index contributed by atoms with van der Waals surface area (Å²) in [5.41, 5.74) is 1.44. The van der Waals surface area contributed by atoms with Gasteiger partial charge in [0.1, 0.15) is 5.54 Å². The summed E-state index contributed by atoms with van der Waals surface area (Å²) >= 11 is 0. The molecule has 0 amide bonds. The molecule has 0 bridgehead atoms. The van der Waals surface area contributed by atoms with E-state index in [4.69, 9.17) is 4.74 Å². The summed E-state index contributed by atoms with van der Waals surface area (Å²) in [4.78, 5) is 12.1. The standard InChI is InChI=1S/C14H25N3O2/c1-6-11-9-12(7-2)17(16-11)10-14(4,15-5)13(18)19-8-3/h9,15H,6-8,10H2,1-5H3. The van der Waals surface area contributed by atoms with Crippen molar-refractivity contribution >= 4 is 5.97 Å². The van der Waals surface area contributed by atoms with Gasteiger partial charge in [-0.1, -0.05) is 13.8 Å². The fourth-order valence-electron chi connectivity index (χ4n) is 1.94. The number of aryl methyl sites for hydroxylation is 2. The number of carbonyl (C=O) groups excluding carboxylic acids is 1. The molecule has 0 aliphatic rings. The second-order valence-electron chi connectivity index (χ2n) is 4.79. The number of nitrogens with one attached hydrogen (secondary N) is 1. The molecular weight excluding hydrogens is 242 g/mol. The van der Waals surface area contributed by atoms with Crippen LogP contribution in [0.4, 0.5) is 0 Å². The van der Waals surface area contributed by atoms with Crippen molar-refractivity contribution in [3.63, 3.8) is 0 Å². The van der Waals surface area contributed by atoms with E-state index in [1.165, 1.54) is 0 Å². The van der Waals surface area contributed by atoms with E-state index >= 15 is 0 Å². The highest BCUT2D eigenvalue weighted by molar-refractivity contribution is 5.80. The summed E-state index contributed by atoms with van der Waals surface area (Å²) in [7, 11) is 1.77. The molecule has 1 aromatic rings. The number of hydrogen-bond donors (Lipinski definition) is 1. The molecule has 108 valence electrons. The summed E-state index contributed by atoms with van der Waals surface area (Å²) in [5, 5.41) is 7.60. The topological polar surface area (TPSA) is 56.2 Å². The second-order valence-corrected chi connectivity index (χ2v) is 4.79. The Kier molecular flexibility index (Phi) is 5.54. The van der Waals surface area contributed by atoms with Crippen molar-refractivity contribution in [1.29, 1.82) is 0 Å². The Balaban J connectivity index is 2.97. The zero-order valence-corrected chi connectivity index (χ0v) is 12.6. The van der Waals surface area contributed by atoms with Gasteiger partial charge in [0.2, 0.25) is 0 Å². The summed E-state index contributed by atoms with van der Waals surface area (Å²) < 4.78 is 7.04. The molecule has 1 aromatic heterocycles. The molecule has 1 unspecified atom stereocenters. The van der Waals surface area contributed by atoms with Crippen molar-refractivity contribution in [2.75, 3.05) is 13.7 Å². The Hall–Kier alpha value is -1.36. The Labute approximate surface area is 115 Å². The number of likely N-dealkylation sites (N-methyl/N-ethyl adjacent to an activating group) is 1. The molecule has 1 heterocycles. The maximum Gasteiger partial charge on any atom is 0.327 e. The van der Waals surface area contributed by atoms with Crippen LogP contribution >= 0.6 is 0 Å². The highest BCUT2D eigenvalue weighted by atomic mass is 16.5. The van der Waals surface area contributed by atoms with E-state index in [0.717, 1.165) is 24.2 Å². The van der Waals surface area contributed by atoms with Crippen LogP contribution in [-0.4, -0.2) is 34.9 Å². The molecule has 19 heavy (non-hydrogen) atoms. The monoisotopic (exact) mass is 267 g/mol. The first-order chi connectivity index (χ1) is 9.00. The predicted octanol–water partition coefficient (Wildman–Crippen LogP) is 1.55. The third-order valence-corrected chi connectivity index (χ3v) is 3.38. The zero-order valence-electron chi connectivity index (χ0n) is 12.6. The van der Waals surface area contributed by atoms with Gasteiger partial charge < -0.3 is 10.1 Å². The fourth-order valence-corrected chi connectivity index (χ4v) is 1.94. The van der Waals surface area contributed by atoms with Crippen molar-refractivity contribution in [3.05, 3.63) is 17.5 Å². The Morgan fingerprint density at radius 1 is 1.42 bits per heavy atom. The van der Waals surface area contributed by atoms with Gasteiger partial charge in [-0.25, -0.2) is 4.79 Å². The minimum atomic E-state index is -0.753. The van der Waals surface area contributed by atoms with Gasteiger partial charge in [0.05, 0.1) is 18.8 Å². The van der Waals surface area contributed by atoms with E-state index in [1.54, 1.807) is 7.05 Å². The molecule has 5 heteroatoms. The first-order valence-corrected chi connectivity index (χ1v) is 6.92. The van der Waals surface area contributed by atoms with Crippen molar-refractivity contribution in [2.24, 2.45) is 0 Å². The van der Waals surface area contributed by atoms with Crippen LogP contribution in [-0.2, 0) is 28.9 Å². The van der Waals surface area contributed by atoms with Crippen LogP contribution < -0.4 is 5.32 Å². The molecular formula is C14H25N3O2. The van der Waals surface area contributed by atoms with Crippen molar-refractivity contribution < 1.29 is 9.53 Å². The van der Waals surface area contributed by atoms with Gasteiger partial charge >= 0.3 is 5.97 Å². The highest BCUT2D eigenvalue weighted by Gasteiger charge is 2.34. The third kappa shape index (κ3) is 3.56. The predicted molar refractivity (Wildman–Crippen MR) is 75.1 cm³/mol. The lowest BCUT2D eigenvalue weighted by atomic mass is 10.0. The first kappa shape index (κ1) is 15.7. The van der Waals surface area contributed by atoms with Crippen molar-refractivity contribution in [1.82, 2.24) is 15.1 Å². The molecule has 5 nitrogen and oxygen atoms in total. The molecule has 0 saturated heterocycles. The SMILES string of the molecule is CCOC(=O)C(C)(Cn1nc(CC)cc1CC)NC. The molecule has 0 fully saturated rings. The lowest BCUT2D eigenvalue weighted by Crippen LogP contribution is -2.52. The summed E-state index contributed by atoms with van der Waals surface area (Å²) in [5.74, 6) is -0.242. The number of esters is 1. The van der Waals surface area contributed by atoms with Crippen LogP contribution in [0, 0.1) is 0 Å². The zero-order chi connectivity index (χ0) is 14.5. The highest BCUT2D eigenvalue weighted by Crippen LogP contribution is 2.14. The number of nitrogens with zero attached hydrogens (tertiary/aromatic N) is 2. The molecule has 1 N–H and O–H groups in total. The van der Waals surface area contributed by atoms with Gasteiger partial charge in [-0.3, -0.25) is 4.68 Å². The molecule has 1 atom stereocenters. The molecule has 0 aromatic carbocycles.